The third-order valence-corrected chi connectivity index (χ3v) is 4.77. The van der Waals surface area contributed by atoms with Crippen LogP contribution in [0.2, 0.25) is 0 Å². The molecule has 1 saturated carbocycles. The SMILES string of the molecule is CC(C)(C)OCC(NN)C1CCOC2(CCCCC2)C1. The van der Waals surface area contributed by atoms with Gasteiger partial charge >= 0.3 is 0 Å². The molecule has 20 heavy (non-hydrogen) atoms. The second-order valence-corrected chi connectivity index (χ2v) is 7.54. The van der Waals surface area contributed by atoms with Crippen LogP contribution >= 0.6 is 0 Å². The molecule has 1 spiro atoms. The van der Waals surface area contributed by atoms with Gasteiger partial charge in [-0.05, 0) is 52.4 Å². The van der Waals surface area contributed by atoms with Crippen molar-refractivity contribution in [3.63, 3.8) is 0 Å². The fraction of sp³-hybridized carbons (Fsp3) is 1.00. The minimum atomic E-state index is -0.108. The number of nitrogens with two attached hydrogens (primary N) is 1. The molecule has 118 valence electrons. The Labute approximate surface area is 123 Å². The third kappa shape index (κ3) is 4.42. The van der Waals surface area contributed by atoms with Crippen molar-refractivity contribution < 1.29 is 9.47 Å². The molecule has 0 radical (unpaired) electrons. The van der Waals surface area contributed by atoms with E-state index >= 15 is 0 Å². The van der Waals surface area contributed by atoms with E-state index in [1.807, 2.05) is 0 Å². The van der Waals surface area contributed by atoms with Gasteiger partial charge in [-0.1, -0.05) is 19.3 Å². The summed E-state index contributed by atoms with van der Waals surface area (Å²) in [5.41, 5.74) is 3.01. The maximum Gasteiger partial charge on any atom is 0.0685 e. The lowest BCUT2D eigenvalue weighted by Crippen LogP contribution is -2.51. The van der Waals surface area contributed by atoms with Crippen LogP contribution in [-0.4, -0.2) is 30.5 Å². The average molecular weight is 284 g/mol. The molecule has 4 nitrogen and oxygen atoms in total. The third-order valence-electron chi connectivity index (χ3n) is 4.77. The summed E-state index contributed by atoms with van der Waals surface area (Å²) in [7, 11) is 0. The zero-order chi connectivity index (χ0) is 14.6. The highest BCUT2D eigenvalue weighted by Crippen LogP contribution is 2.41. The molecule has 0 aromatic heterocycles. The van der Waals surface area contributed by atoms with Crippen LogP contribution in [0.4, 0.5) is 0 Å². The molecule has 1 heterocycles. The quantitative estimate of drug-likeness (QED) is 0.615. The molecular weight excluding hydrogens is 252 g/mol. The summed E-state index contributed by atoms with van der Waals surface area (Å²) in [6.07, 6.45) is 8.65. The van der Waals surface area contributed by atoms with E-state index in [2.05, 4.69) is 26.2 Å². The first-order valence-corrected chi connectivity index (χ1v) is 8.18. The minimum absolute atomic E-state index is 0.108. The maximum absolute atomic E-state index is 6.17. The number of ether oxygens (including phenoxy) is 2. The first kappa shape index (κ1) is 16.2. The van der Waals surface area contributed by atoms with Gasteiger partial charge in [0.2, 0.25) is 0 Å². The number of hydrazine groups is 1. The van der Waals surface area contributed by atoms with Gasteiger partial charge in [0.05, 0.1) is 17.8 Å². The van der Waals surface area contributed by atoms with Crippen LogP contribution in [0.5, 0.6) is 0 Å². The fourth-order valence-electron chi connectivity index (χ4n) is 3.61. The van der Waals surface area contributed by atoms with Gasteiger partial charge in [0.15, 0.2) is 0 Å². The van der Waals surface area contributed by atoms with Crippen molar-refractivity contribution in [2.75, 3.05) is 13.2 Å². The van der Waals surface area contributed by atoms with E-state index in [0.29, 0.717) is 12.5 Å². The van der Waals surface area contributed by atoms with E-state index < -0.39 is 0 Å². The maximum atomic E-state index is 6.17. The van der Waals surface area contributed by atoms with Gasteiger partial charge in [0, 0.05) is 12.6 Å². The lowest BCUT2D eigenvalue weighted by molar-refractivity contribution is -0.127. The first-order chi connectivity index (χ1) is 9.44. The summed E-state index contributed by atoms with van der Waals surface area (Å²) in [4.78, 5) is 0. The van der Waals surface area contributed by atoms with Gasteiger partial charge in [0.25, 0.3) is 0 Å². The standard InChI is InChI=1S/C16H32N2O2/c1-15(2,3)20-12-14(18-17)13-7-10-19-16(11-13)8-5-4-6-9-16/h13-14,18H,4-12,17H2,1-3H3. The molecule has 0 aromatic carbocycles. The van der Waals surface area contributed by atoms with Gasteiger partial charge in [-0.15, -0.1) is 0 Å². The zero-order valence-corrected chi connectivity index (χ0v) is 13.4. The van der Waals surface area contributed by atoms with Crippen molar-refractivity contribution in [2.45, 2.75) is 83.0 Å². The lowest BCUT2D eigenvalue weighted by atomic mass is 9.74. The molecule has 1 aliphatic heterocycles. The van der Waals surface area contributed by atoms with Crippen LogP contribution in [0, 0.1) is 5.92 Å². The van der Waals surface area contributed by atoms with Gasteiger partial charge in [-0.2, -0.15) is 0 Å². The summed E-state index contributed by atoms with van der Waals surface area (Å²) in [6, 6.07) is 0.233. The van der Waals surface area contributed by atoms with Gasteiger partial charge in [0.1, 0.15) is 0 Å². The molecular formula is C16H32N2O2. The molecule has 1 saturated heterocycles. The molecule has 0 aromatic rings. The van der Waals surface area contributed by atoms with Crippen LogP contribution in [0.3, 0.4) is 0 Å². The van der Waals surface area contributed by atoms with E-state index in [-0.39, 0.29) is 17.2 Å². The van der Waals surface area contributed by atoms with E-state index in [9.17, 15) is 0 Å². The number of hydrogen-bond donors (Lipinski definition) is 2. The zero-order valence-electron chi connectivity index (χ0n) is 13.4. The van der Waals surface area contributed by atoms with Crippen LogP contribution in [0.1, 0.15) is 65.7 Å². The molecule has 2 rings (SSSR count). The smallest absolute Gasteiger partial charge is 0.0685 e. The molecule has 2 aliphatic rings. The summed E-state index contributed by atoms with van der Waals surface area (Å²) >= 11 is 0. The Bertz CT molecular complexity index is 290. The highest BCUT2D eigenvalue weighted by molar-refractivity contribution is 4.92. The fourth-order valence-corrected chi connectivity index (χ4v) is 3.61. The molecule has 2 unspecified atom stereocenters. The normalized spacial score (nSPS) is 28.5. The Morgan fingerprint density at radius 3 is 2.60 bits per heavy atom. The monoisotopic (exact) mass is 284 g/mol. The molecule has 0 bridgehead atoms. The minimum Gasteiger partial charge on any atom is -0.375 e. The van der Waals surface area contributed by atoms with Crippen molar-refractivity contribution in [1.82, 2.24) is 5.43 Å². The summed E-state index contributed by atoms with van der Waals surface area (Å²) in [5.74, 6) is 6.34. The van der Waals surface area contributed by atoms with Gasteiger partial charge < -0.3 is 9.47 Å². The van der Waals surface area contributed by atoms with Crippen molar-refractivity contribution >= 4 is 0 Å². The number of hydrogen-bond acceptors (Lipinski definition) is 4. The van der Waals surface area contributed by atoms with Crippen LogP contribution in [-0.2, 0) is 9.47 Å². The average Bonchev–Trinajstić information content (AvgIpc) is 2.39. The van der Waals surface area contributed by atoms with Crippen molar-refractivity contribution in [1.29, 1.82) is 0 Å². The number of nitrogens with one attached hydrogen (secondary N) is 1. The largest absolute Gasteiger partial charge is 0.375 e. The molecule has 0 amide bonds. The predicted octanol–water partition coefficient (Wildman–Crippen LogP) is 2.76. The Hall–Kier alpha value is -0.160. The second-order valence-electron chi connectivity index (χ2n) is 7.54. The van der Waals surface area contributed by atoms with Crippen LogP contribution in [0.15, 0.2) is 0 Å². The Kier molecular flexibility index (Phi) is 5.46. The van der Waals surface area contributed by atoms with Gasteiger partial charge in [-0.25, -0.2) is 0 Å². The van der Waals surface area contributed by atoms with Crippen molar-refractivity contribution in [3.8, 4) is 0 Å². The van der Waals surface area contributed by atoms with E-state index in [0.717, 1.165) is 19.4 Å². The van der Waals surface area contributed by atoms with Gasteiger partial charge in [-0.3, -0.25) is 11.3 Å². The van der Waals surface area contributed by atoms with E-state index in [4.69, 9.17) is 15.3 Å². The van der Waals surface area contributed by atoms with Crippen LogP contribution in [0.25, 0.3) is 0 Å². The Balaban J connectivity index is 1.92. The molecule has 2 atom stereocenters. The molecule has 2 fully saturated rings. The summed E-state index contributed by atoms with van der Waals surface area (Å²) < 4.78 is 12.1. The van der Waals surface area contributed by atoms with Crippen molar-refractivity contribution in [2.24, 2.45) is 11.8 Å². The molecule has 4 heteroatoms. The highest BCUT2D eigenvalue weighted by atomic mass is 16.5. The van der Waals surface area contributed by atoms with E-state index in [1.165, 1.54) is 32.1 Å². The second kappa shape index (κ2) is 6.73. The number of rotatable bonds is 4. The molecule has 3 N–H and O–H groups in total. The Morgan fingerprint density at radius 1 is 1.30 bits per heavy atom. The van der Waals surface area contributed by atoms with E-state index in [1.54, 1.807) is 0 Å². The van der Waals surface area contributed by atoms with Crippen LogP contribution < -0.4 is 11.3 Å². The predicted molar refractivity (Wildman–Crippen MR) is 81.3 cm³/mol. The summed E-state index contributed by atoms with van der Waals surface area (Å²) in [6.45, 7) is 7.83. The van der Waals surface area contributed by atoms with Crippen molar-refractivity contribution in [3.05, 3.63) is 0 Å². The topological polar surface area (TPSA) is 56.5 Å². The summed E-state index contributed by atoms with van der Waals surface area (Å²) in [5, 5.41) is 0. The highest BCUT2D eigenvalue weighted by Gasteiger charge is 2.40. The first-order valence-electron chi connectivity index (χ1n) is 8.18. The Morgan fingerprint density at radius 2 is 2.00 bits per heavy atom. The molecule has 1 aliphatic carbocycles. The lowest BCUT2D eigenvalue weighted by Gasteiger charge is -2.45.